The molecule has 0 amide bonds. The highest BCUT2D eigenvalue weighted by molar-refractivity contribution is 9.10. The molecule has 20 heavy (non-hydrogen) atoms. The zero-order valence-corrected chi connectivity index (χ0v) is 14.0. The maximum atomic E-state index is 6.05. The molecule has 0 bridgehead atoms. The number of aryl methyl sites for hydroxylation is 3. The minimum Gasteiger partial charge on any atom is -0.330 e. The van der Waals surface area contributed by atoms with E-state index < -0.39 is 0 Å². The van der Waals surface area contributed by atoms with Crippen LogP contribution in [-0.4, -0.2) is 6.54 Å². The highest BCUT2D eigenvalue weighted by atomic mass is 79.9. The summed E-state index contributed by atoms with van der Waals surface area (Å²) < 4.78 is 1.12. The average molecular weight is 332 g/mol. The van der Waals surface area contributed by atoms with E-state index in [1.807, 2.05) is 0 Å². The largest absolute Gasteiger partial charge is 0.330 e. The average Bonchev–Trinajstić information content (AvgIpc) is 2.38. The van der Waals surface area contributed by atoms with Crippen LogP contribution in [0.4, 0.5) is 0 Å². The van der Waals surface area contributed by atoms with Gasteiger partial charge in [0.05, 0.1) is 0 Å². The van der Waals surface area contributed by atoms with Gasteiger partial charge in [-0.15, -0.1) is 0 Å². The second-order valence-electron chi connectivity index (χ2n) is 5.58. The summed E-state index contributed by atoms with van der Waals surface area (Å²) >= 11 is 3.48. The zero-order valence-electron chi connectivity index (χ0n) is 12.4. The molecule has 0 heterocycles. The fraction of sp³-hybridized carbons (Fsp3) is 0.333. The Morgan fingerprint density at radius 1 is 1.00 bits per heavy atom. The summed E-state index contributed by atoms with van der Waals surface area (Å²) in [4.78, 5) is 0. The molecule has 2 aromatic rings. The van der Waals surface area contributed by atoms with Crippen LogP contribution in [-0.2, 0) is 6.42 Å². The van der Waals surface area contributed by atoms with Crippen molar-refractivity contribution in [2.75, 3.05) is 6.54 Å². The van der Waals surface area contributed by atoms with Crippen molar-refractivity contribution < 1.29 is 0 Å². The minimum atomic E-state index is 0.386. The van der Waals surface area contributed by atoms with Gasteiger partial charge in [0, 0.05) is 10.4 Å². The Hall–Kier alpha value is -1.12. The molecule has 1 atom stereocenters. The van der Waals surface area contributed by atoms with E-state index in [0.717, 1.165) is 10.9 Å². The lowest BCUT2D eigenvalue weighted by atomic mass is 9.85. The second kappa shape index (κ2) is 6.55. The normalized spacial score (nSPS) is 12.4. The SMILES string of the molecule is Cc1cc(C)c(C(CN)Cc2ccc(Br)cc2)c(C)c1. The van der Waals surface area contributed by atoms with Gasteiger partial charge in [-0.05, 0) is 68.1 Å². The van der Waals surface area contributed by atoms with Gasteiger partial charge in [-0.3, -0.25) is 0 Å². The van der Waals surface area contributed by atoms with Crippen molar-refractivity contribution >= 4 is 15.9 Å². The second-order valence-corrected chi connectivity index (χ2v) is 6.49. The lowest BCUT2D eigenvalue weighted by molar-refractivity contribution is 0.685. The fourth-order valence-electron chi connectivity index (χ4n) is 3.04. The van der Waals surface area contributed by atoms with E-state index in [-0.39, 0.29) is 0 Å². The van der Waals surface area contributed by atoms with Crippen molar-refractivity contribution in [3.8, 4) is 0 Å². The molecule has 0 radical (unpaired) electrons. The van der Waals surface area contributed by atoms with Gasteiger partial charge in [-0.1, -0.05) is 45.8 Å². The summed E-state index contributed by atoms with van der Waals surface area (Å²) in [5.41, 5.74) is 12.8. The van der Waals surface area contributed by atoms with Gasteiger partial charge in [-0.2, -0.15) is 0 Å². The Bertz CT molecular complexity index is 564. The van der Waals surface area contributed by atoms with Crippen molar-refractivity contribution in [3.05, 3.63) is 68.7 Å². The summed E-state index contributed by atoms with van der Waals surface area (Å²) in [6.07, 6.45) is 0.995. The number of halogens is 1. The third kappa shape index (κ3) is 3.50. The number of hydrogen-bond donors (Lipinski definition) is 1. The minimum absolute atomic E-state index is 0.386. The summed E-state index contributed by atoms with van der Waals surface area (Å²) in [6.45, 7) is 7.22. The Morgan fingerprint density at radius 3 is 2.05 bits per heavy atom. The molecule has 0 aliphatic heterocycles. The first-order valence-electron chi connectivity index (χ1n) is 7.03. The Labute approximate surface area is 130 Å². The molecule has 1 unspecified atom stereocenters. The highest BCUT2D eigenvalue weighted by Crippen LogP contribution is 2.28. The first kappa shape index (κ1) is 15.3. The van der Waals surface area contributed by atoms with E-state index in [2.05, 4.69) is 73.1 Å². The monoisotopic (exact) mass is 331 g/mol. The van der Waals surface area contributed by atoms with Crippen molar-refractivity contribution in [2.45, 2.75) is 33.1 Å². The number of benzene rings is 2. The zero-order chi connectivity index (χ0) is 14.7. The quantitative estimate of drug-likeness (QED) is 0.866. The van der Waals surface area contributed by atoms with E-state index in [9.17, 15) is 0 Å². The van der Waals surface area contributed by atoms with Crippen LogP contribution < -0.4 is 5.73 Å². The molecule has 2 heteroatoms. The Kier molecular flexibility index (Phi) is 5.00. The predicted octanol–water partition coefficient (Wildman–Crippen LogP) is 4.66. The van der Waals surface area contributed by atoms with Crippen LogP contribution in [0.2, 0.25) is 0 Å². The van der Waals surface area contributed by atoms with Crippen LogP contribution >= 0.6 is 15.9 Å². The van der Waals surface area contributed by atoms with Crippen LogP contribution in [0, 0.1) is 20.8 Å². The van der Waals surface area contributed by atoms with Crippen LogP contribution in [0.3, 0.4) is 0 Å². The lowest BCUT2D eigenvalue weighted by Gasteiger charge is -2.21. The van der Waals surface area contributed by atoms with Gasteiger partial charge in [-0.25, -0.2) is 0 Å². The first-order valence-corrected chi connectivity index (χ1v) is 7.83. The maximum absolute atomic E-state index is 6.05. The van der Waals surface area contributed by atoms with Crippen molar-refractivity contribution in [1.29, 1.82) is 0 Å². The van der Waals surface area contributed by atoms with Gasteiger partial charge >= 0.3 is 0 Å². The molecular weight excluding hydrogens is 310 g/mol. The molecule has 0 aliphatic rings. The molecule has 2 aromatic carbocycles. The van der Waals surface area contributed by atoms with Gasteiger partial charge < -0.3 is 5.73 Å². The third-order valence-electron chi connectivity index (χ3n) is 3.83. The molecule has 2 rings (SSSR count). The molecule has 0 spiro atoms. The predicted molar refractivity (Wildman–Crippen MR) is 90.3 cm³/mol. The highest BCUT2D eigenvalue weighted by Gasteiger charge is 2.16. The van der Waals surface area contributed by atoms with Crippen LogP contribution in [0.5, 0.6) is 0 Å². The van der Waals surface area contributed by atoms with E-state index >= 15 is 0 Å². The van der Waals surface area contributed by atoms with Gasteiger partial charge in [0.1, 0.15) is 0 Å². The number of hydrogen-bond acceptors (Lipinski definition) is 1. The van der Waals surface area contributed by atoms with Crippen LogP contribution in [0.25, 0.3) is 0 Å². The van der Waals surface area contributed by atoms with Crippen LogP contribution in [0.15, 0.2) is 40.9 Å². The summed E-state index contributed by atoms with van der Waals surface area (Å²) in [5.74, 6) is 0.386. The van der Waals surface area contributed by atoms with E-state index in [0.29, 0.717) is 12.5 Å². The lowest BCUT2D eigenvalue weighted by Crippen LogP contribution is -2.17. The Balaban J connectivity index is 2.31. The summed E-state index contributed by atoms with van der Waals surface area (Å²) in [5, 5.41) is 0. The molecule has 0 fully saturated rings. The molecule has 2 N–H and O–H groups in total. The summed E-state index contributed by atoms with van der Waals surface area (Å²) in [6, 6.07) is 13.0. The molecular formula is C18H22BrN. The number of rotatable bonds is 4. The topological polar surface area (TPSA) is 26.0 Å². The van der Waals surface area contributed by atoms with E-state index in [1.165, 1.54) is 27.8 Å². The van der Waals surface area contributed by atoms with Gasteiger partial charge in [0.25, 0.3) is 0 Å². The van der Waals surface area contributed by atoms with Gasteiger partial charge in [0.2, 0.25) is 0 Å². The fourth-order valence-corrected chi connectivity index (χ4v) is 3.31. The first-order chi connectivity index (χ1) is 9.51. The molecule has 106 valence electrons. The van der Waals surface area contributed by atoms with Crippen molar-refractivity contribution in [1.82, 2.24) is 0 Å². The molecule has 1 nitrogen and oxygen atoms in total. The number of nitrogens with two attached hydrogens (primary N) is 1. The van der Waals surface area contributed by atoms with E-state index in [4.69, 9.17) is 5.73 Å². The standard InChI is InChI=1S/C18H22BrN/c1-12-8-13(2)18(14(3)9-12)16(11-20)10-15-4-6-17(19)7-5-15/h4-9,16H,10-11,20H2,1-3H3. The van der Waals surface area contributed by atoms with Crippen molar-refractivity contribution in [3.63, 3.8) is 0 Å². The Morgan fingerprint density at radius 2 is 1.55 bits per heavy atom. The van der Waals surface area contributed by atoms with Crippen LogP contribution in [0.1, 0.15) is 33.7 Å². The van der Waals surface area contributed by atoms with E-state index in [1.54, 1.807) is 0 Å². The molecule has 0 saturated heterocycles. The molecule has 0 aromatic heterocycles. The van der Waals surface area contributed by atoms with Gasteiger partial charge in [0.15, 0.2) is 0 Å². The maximum Gasteiger partial charge on any atom is 0.0175 e. The molecule has 0 saturated carbocycles. The van der Waals surface area contributed by atoms with Crippen molar-refractivity contribution in [2.24, 2.45) is 5.73 Å². The third-order valence-corrected chi connectivity index (χ3v) is 4.35. The molecule has 0 aliphatic carbocycles. The summed E-state index contributed by atoms with van der Waals surface area (Å²) in [7, 11) is 0. The smallest absolute Gasteiger partial charge is 0.0175 e.